The van der Waals surface area contributed by atoms with Gasteiger partial charge in [-0.2, -0.15) is 5.26 Å². The lowest BCUT2D eigenvalue weighted by Gasteiger charge is -2.05. The zero-order chi connectivity index (χ0) is 15.5. The molecule has 5 heteroatoms. The molecule has 0 spiro atoms. The standard InChI is InChI=1S/C17H13N3O2/c1-22-13-5-6-16-14(8-13)15(10-19-16)17(21)20-12-4-2-3-11(7-12)9-18/h2-8,10,19H,1H3,(H,20,21). The van der Waals surface area contributed by atoms with Gasteiger partial charge in [0.1, 0.15) is 5.75 Å². The maximum Gasteiger partial charge on any atom is 0.257 e. The van der Waals surface area contributed by atoms with Gasteiger partial charge in [-0.25, -0.2) is 0 Å². The number of hydrogen-bond acceptors (Lipinski definition) is 3. The summed E-state index contributed by atoms with van der Waals surface area (Å²) in [4.78, 5) is 15.5. The topological polar surface area (TPSA) is 77.9 Å². The minimum absolute atomic E-state index is 0.241. The fourth-order valence-corrected chi connectivity index (χ4v) is 2.28. The summed E-state index contributed by atoms with van der Waals surface area (Å²) in [6, 6.07) is 14.3. The van der Waals surface area contributed by atoms with E-state index in [4.69, 9.17) is 10.00 Å². The summed E-state index contributed by atoms with van der Waals surface area (Å²) in [5, 5.41) is 12.5. The van der Waals surface area contributed by atoms with Gasteiger partial charge in [0.15, 0.2) is 0 Å². The molecule has 2 N–H and O–H groups in total. The van der Waals surface area contributed by atoms with Crippen LogP contribution < -0.4 is 10.1 Å². The third-order valence-corrected chi connectivity index (χ3v) is 3.38. The monoisotopic (exact) mass is 291 g/mol. The van der Waals surface area contributed by atoms with Gasteiger partial charge in [0, 0.05) is 22.8 Å². The van der Waals surface area contributed by atoms with Crippen LogP contribution in [0.2, 0.25) is 0 Å². The van der Waals surface area contributed by atoms with Crippen molar-refractivity contribution in [2.75, 3.05) is 12.4 Å². The molecular weight excluding hydrogens is 278 g/mol. The van der Waals surface area contributed by atoms with Crippen LogP contribution in [0.25, 0.3) is 10.9 Å². The minimum atomic E-state index is -0.241. The Balaban J connectivity index is 1.93. The van der Waals surface area contributed by atoms with Crippen LogP contribution >= 0.6 is 0 Å². The van der Waals surface area contributed by atoms with Crippen LogP contribution in [0.5, 0.6) is 5.75 Å². The zero-order valence-corrected chi connectivity index (χ0v) is 11.9. The number of ether oxygens (including phenoxy) is 1. The lowest BCUT2D eigenvalue weighted by atomic mass is 10.1. The molecule has 0 atom stereocenters. The lowest BCUT2D eigenvalue weighted by molar-refractivity contribution is 0.102. The Morgan fingerprint density at radius 3 is 2.91 bits per heavy atom. The Morgan fingerprint density at radius 2 is 2.14 bits per heavy atom. The van der Waals surface area contributed by atoms with Crippen molar-refractivity contribution < 1.29 is 9.53 Å². The summed E-state index contributed by atoms with van der Waals surface area (Å²) in [5.41, 5.74) is 2.47. The predicted molar refractivity (Wildman–Crippen MR) is 84.0 cm³/mol. The molecule has 1 heterocycles. The molecule has 0 aliphatic rings. The fourth-order valence-electron chi connectivity index (χ4n) is 2.28. The number of carbonyl (C=O) groups is 1. The van der Waals surface area contributed by atoms with Gasteiger partial charge >= 0.3 is 0 Å². The molecule has 0 radical (unpaired) electrons. The molecule has 1 amide bonds. The highest BCUT2D eigenvalue weighted by atomic mass is 16.5. The first-order valence-corrected chi connectivity index (χ1v) is 6.68. The van der Waals surface area contributed by atoms with Gasteiger partial charge in [0.05, 0.1) is 24.3 Å². The van der Waals surface area contributed by atoms with E-state index in [2.05, 4.69) is 10.3 Å². The van der Waals surface area contributed by atoms with E-state index in [0.29, 0.717) is 22.6 Å². The second-order valence-electron chi connectivity index (χ2n) is 4.76. The highest BCUT2D eigenvalue weighted by Gasteiger charge is 2.13. The molecule has 0 unspecified atom stereocenters. The molecule has 22 heavy (non-hydrogen) atoms. The van der Waals surface area contributed by atoms with Crippen LogP contribution in [0.15, 0.2) is 48.7 Å². The highest BCUT2D eigenvalue weighted by molar-refractivity contribution is 6.13. The van der Waals surface area contributed by atoms with Crippen molar-refractivity contribution in [3.63, 3.8) is 0 Å². The Morgan fingerprint density at radius 1 is 1.27 bits per heavy atom. The molecule has 2 aromatic carbocycles. The minimum Gasteiger partial charge on any atom is -0.497 e. The van der Waals surface area contributed by atoms with Crippen molar-refractivity contribution in [1.29, 1.82) is 5.26 Å². The lowest BCUT2D eigenvalue weighted by Crippen LogP contribution is -2.11. The first-order chi connectivity index (χ1) is 10.7. The average Bonchev–Trinajstić information content (AvgIpc) is 2.98. The number of H-pyrrole nitrogens is 1. The zero-order valence-electron chi connectivity index (χ0n) is 11.9. The summed E-state index contributed by atoms with van der Waals surface area (Å²) in [6.45, 7) is 0. The SMILES string of the molecule is COc1ccc2[nH]cc(C(=O)Nc3cccc(C#N)c3)c2c1. The molecule has 3 aromatic rings. The second-order valence-corrected chi connectivity index (χ2v) is 4.76. The van der Waals surface area contributed by atoms with E-state index < -0.39 is 0 Å². The number of nitriles is 1. The molecule has 3 rings (SSSR count). The van der Waals surface area contributed by atoms with E-state index in [-0.39, 0.29) is 5.91 Å². The highest BCUT2D eigenvalue weighted by Crippen LogP contribution is 2.24. The second kappa shape index (κ2) is 5.62. The van der Waals surface area contributed by atoms with Crippen molar-refractivity contribution in [3.8, 4) is 11.8 Å². The summed E-state index contributed by atoms with van der Waals surface area (Å²) < 4.78 is 5.19. The van der Waals surface area contributed by atoms with Gasteiger partial charge in [-0.15, -0.1) is 0 Å². The van der Waals surface area contributed by atoms with E-state index in [1.165, 1.54) is 0 Å². The Bertz CT molecular complexity index is 890. The molecule has 0 saturated heterocycles. The number of amides is 1. The van der Waals surface area contributed by atoms with Gasteiger partial charge < -0.3 is 15.0 Å². The molecule has 0 saturated carbocycles. The number of nitrogens with zero attached hydrogens (tertiary/aromatic N) is 1. The third-order valence-electron chi connectivity index (χ3n) is 3.38. The number of methoxy groups -OCH3 is 1. The van der Waals surface area contributed by atoms with Crippen LogP contribution in [-0.2, 0) is 0 Å². The largest absolute Gasteiger partial charge is 0.497 e. The Labute approximate surface area is 127 Å². The number of hydrogen-bond donors (Lipinski definition) is 2. The maximum atomic E-state index is 12.4. The summed E-state index contributed by atoms with van der Waals surface area (Å²) >= 11 is 0. The van der Waals surface area contributed by atoms with Crippen molar-refractivity contribution in [1.82, 2.24) is 4.98 Å². The van der Waals surface area contributed by atoms with E-state index in [1.807, 2.05) is 24.3 Å². The van der Waals surface area contributed by atoms with E-state index >= 15 is 0 Å². The predicted octanol–water partition coefficient (Wildman–Crippen LogP) is 3.30. The number of aromatic nitrogens is 1. The molecular formula is C17H13N3O2. The van der Waals surface area contributed by atoms with Crippen LogP contribution in [0, 0.1) is 11.3 Å². The fraction of sp³-hybridized carbons (Fsp3) is 0.0588. The molecule has 108 valence electrons. The normalized spacial score (nSPS) is 10.2. The number of nitrogens with one attached hydrogen (secondary N) is 2. The van der Waals surface area contributed by atoms with Crippen molar-refractivity contribution in [3.05, 3.63) is 59.8 Å². The van der Waals surface area contributed by atoms with Gasteiger partial charge in [0.25, 0.3) is 5.91 Å². The number of carbonyl (C=O) groups excluding carboxylic acids is 1. The smallest absolute Gasteiger partial charge is 0.257 e. The molecule has 5 nitrogen and oxygen atoms in total. The molecule has 0 aliphatic carbocycles. The van der Waals surface area contributed by atoms with E-state index in [9.17, 15) is 4.79 Å². The summed E-state index contributed by atoms with van der Waals surface area (Å²) in [7, 11) is 1.58. The van der Waals surface area contributed by atoms with Gasteiger partial charge in [0.2, 0.25) is 0 Å². The van der Waals surface area contributed by atoms with Crippen LogP contribution in [0.4, 0.5) is 5.69 Å². The first-order valence-electron chi connectivity index (χ1n) is 6.68. The molecule has 0 fully saturated rings. The Hall–Kier alpha value is -3.26. The Kier molecular flexibility index (Phi) is 3.50. The number of rotatable bonds is 3. The van der Waals surface area contributed by atoms with Crippen molar-refractivity contribution in [2.45, 2.75) is 0 Å². The molecule has 0 aliphatic heterocycles. The summed E-state index contributed by atoms with van der Waals surface area (Å²) in [6.07, 6.45) is 1.66. The number of benzene rings is 2. The van der Waals surface area contributed by atoms with Gasteiger partial charge in [-0.05, 0) is 36.4 Å². The third kappa shape index (κ3) is 2.50. The number of anilines is 1. The number of fused-ring (bicyclic) bond motifs is 1. The first kappa shape index (κ1) is 13.7. The van der Waals surface area contributed by atoms with Crippen LogP contribution in [0.1, 0.15) is 15.9 Å². The van der Waals surface area contributed by atoms with E-state index in [1.54, 1.807) is 37.6 Å². The summed E-state index contributed by atoms with van der Waals surface area (Å²) in [5.74, 6) is 0.447. The van der Waals surface area contributed by atoms with Crippen LogP contribution in [0.3, 0.4) is 0 Å². The number of aromatic amines is 1. The quantitative estimate of drug-likeness (QED) is 0.777. The average molecular weight is 291 g/mol. The van der Waals surface area contributed by atoms with Crippen molar-refractivity contribution in [2.24, 2.45) is 0 Å². The van der Waals surface area contributed by atoms with Crippen molar-refractivity contribution >= 4 is 22.5 Å². The van der Waals surface area contributed by atoms with Gasteiger partial charge in [-0.3, -0.25) is 4.79 Å². The molecule has 0 bridgehead atoms. The maximum absolute atomic E-state index is 12.4. The molecule has 1 aromatic heterocycles. The van der Waals surface area contributed by atoms with E-state index in [0.717, 1.165) is 10.9 Å². The van der Waals surface area contributed by atoms with Gasteiger partial charge in [-0.1, -0.05) is 6.07 Å². The van der Waals surface area contributed by atoms with Crippen LogP contribution in [-0.4, -0.2) is 18.0 Å².